The molecule has 1 aromatic heterocycles. The summed E-state index contributed by atoms with van der Waals surface area (Å²) >= 11 is 0. The highest BCUT2D eigenvalue weighted by atomic mass is 16.5. The Kier molecular flexibility index (Phi) is 6.49. The van der Waals surface area contributed by atoms with Crippen LogP contribution in [0.15, 0.2) is 35.1 Å². The third kappa shape index (κ3) is 4.80. The van der Waals surface area contributed by atoms with Crippen LogP contribution in [0.5, 0.6) is 11.5 Å². The summed E-state index contributed by atoms with van der Waals surface area (Å²) in [4.78, 5) is 27.0. The first-order chi connectivity index (χ1) is 13.6. The van der Waals surface area contributed by atoms with Crippen molar-refractivity contribution in [3.63, 3.8) is 0 Å². The average molecular weight is 389 g/mol. The monoisotopic (exact) mass is 389 g/mol. The molecule has 1 aromatic carbocycles. The highest BCUT2D eigenvalue weighted by Crippen LogP contribution is 2.26. The second kappa shape index (κ2) is 9.23. The van der Waals surface area contributed by atoms with E-state index in [1.165, 1.54) is 31.4 Å². The van der Waals surface area contributed by atoms with Crippen LogP contribution in [0.4, 0.5) is 5.82 Å². The van der Waals surface area contributed by atoms with Crippen LogP contribution in [-0.4, -0.2) is 61.9 Å². The summed E-state index contributed by atoms with van der Waals surface area (Å²) in [7, 11) is 3.02. The fourth-order valence-corrected chi connectivity index (χ4v) is 3.03. The van der Waals surface area contributed by atoms with Gasteiger partial charge in [-0.15, -0.1) is 0 Å². The van der Waals surface area contributed by atoms with Gasteiger partial charge in [-0.1, -0.05) is 5.16 Å². The maximum atomic E-state index is 13.2. The molecule has 9 nitrogen and oxygen atoms in total. The number of nitrogens with zero attached hydrogens (tertiary/aromatic N) is 2. The van der Waals surface area contributed by atoms with E-state index in [1.807, 2.05) is 0 Å². The summed E-state index contributed by atoms with van der Waals surface area (Å²) in [6.07, 6.45) is 3.03. The van der Waals surface area contributed by atoms with E-state index in [4.69, 9.17) is 18.7 Å². The highest BCUT2D eigenvalue weighted by molar-refractivity contribution is 6.00. The fourth-order valence-electron chi connectivity index (χ4n) is 3.03. The molecule has 9 heteroatoms. The van der Waals surface area contributed by atoms with Crippen molar-refractivity contribution in [2.45, 2.75) is 18.9 Å². The summed E-state index contributed by atoms with van der Waals surface area (Å²) in [6, 6.07) is 6.46. The average Bonchev–Trinajstić information content (AvgIpc) is 3.40. The minimum atomic E-state index is -0.382. The number of carbonyl (C=O) groups excluding carboxylic acids is 2. The SMILES string of the molecule is COc1ccc(C(=O)N(CC(=O)Nc2ccon2)C[C@H]2CCCO2)c(OC)c1. The Labute approximate surface area is 162 Å². The normalized spacial score (nSPS) is 15.9. The van der Waals surface area contributed by atoms with Gasteiger partial charge in [-0.05, 0) is 25.0 Å². The zero-order valence-corrected chi connectivity index (χ0v) is 15.8. The van der Waals surface area contributed by atoms with E-state index < -0.39 is 0 Å². The lowest BCUT2D eigenvalue weighted by Gasteiger charge is -2.25. The topological polar surface area (TPSA) is 103 Å². The van der Waals surface area contributed by atoms with Crippen LogP contribution >= 0.6 is 0 Å². The number of amides is 2. The number of aromatic nitrogens is 1. The summed E-state index contributed by atoms with van der Waals surface area (Å²) in [5.74, 6) is 0.524. The van der Waals surface area contributed by atoms with Crippen molar-refractivity contribution in [2.24, 2.45) is 0 Å². The van der Waals surface area contributed by atoms with Crippen molar-refractivity contribution < 1.29 is 28.3 Å². The van der Waals surface area contributed by atoms with Crippen LogP contribution < -0.4 is 14.8 Å². The van der Waals surface area contributed by atoms with E-state index in [0.717, 1.165) is 12.8 Å². The number of methoxy groups -OCH3 is 2. The van der Waals surface area contributed by atoms with Crippen LogP contribution in [0.3, 0.4) is 0 Å². The van der Waals surface area contributed by atoms with Gasteiger partial charge in [-0.2, -0.15) is 0 Å². The van der Waals surface area contributed by atoms with Crippen LogP contribution in [0.1, 0.15) is 23.2 Å². The Morgan fingerprint density at radius 2 is 2.14 bits per heavy atom. The summed E-state index contributed by atoms with van der Waals surface area (Å²) < 4.78 is 20.9. The van der Waals surface area contributed by atoms with Gasteiger partial charge in [0.2, 0.25) is 5.91 Å². The molecule has 2 amide bonds. The smallest absolute Gasteiger partial charge is 0.258 e. The molecule has 3 rings (SSSR count). The van der Waals surface area contributed by atoms with Gasteiger partial charge in [0, 0.05) is 25.3 Å². The zero-order chi connectivity index (χ0) is 19.9. The van der Waals surface area contributed by atoms with E-state index in [2.05, 4.69) is 10.5 Å². The molecule has 0 unspecified atom stereocenters. The van der Waals surface area contributed by atoms with Crippen molar-refractivity contribution in [1.29, 1.82) is 0 Å². The van der Waals surface area contributed by atoms with E-state index in [1.54, 1.807) is 18.2 Å². The van der Waals surface area contributed by atoms with E-state index >= 15 is 0 Å². The molecular formula is C19H23N3O6. The minimum absolute atomic E-state index is 0.104. The van der Waals surface area contributed by atoms with E-state index in [0.29, 0.717) is 30.2 Å². The first-order valence-corrected chi connectivity index (χ1v) is 8.94. The molecule has 0 bridgehead atoms. The molecule has 0 saturated carbocycles. The molecule has 1 aliphatic rings. The maximum absolute atomic E-state index is 13.2. The maximum Gasteiger partial charge on any atom is 0.258 e. The number of hydrogen-bond acceptors (Lipinski definition) is 7. The van der Waals surface area contributed by atoms with Crippen molar-refractivity contribution in [2.75, 3.05) is 39.2 Å². The Hall–Kier alpha value is -3.07. The number of benzene rings is 1. The van der Waals surface area contributed by atoms with Crippen LogP contribution in [0.25, 0.3) is 0 Å². The van der Waals surface area contributed by atoms with Gasteiger partial charge in [-0.3, -0.25) is 9.59 Å². The number of ether oxygens (including phenoxy) is 3. The van der Waals surface area contributed by atoms with Crippen molar-refractivity contribution in [3.05, 3.63) is 36.1 Å². The van der Waals surface area contributed by atoms with E-state index in [-0.39, 0.29) is 30.3 Å². The molecule has 1 aliphatic heterocycles. The summed E-state index contributed by atoms with van der Waals surface area (Å²) in [5, 5.41) is 6.25. The zero-order valence-electron chi connectivity index (χ0n) is 15.8. The predicted molar refractivity (Wildman–Crippen MR) is 99.6 cm³/mol. The largest absolute Gasteiger partial charge is 0.497 e. The number of rotatable bonds is 8. The molecule has 1 fully saturated rings. The molecule has 1 N–H and O–H groups in total. The molecule has 28 heavy (non-hydrogen) atoms. The van der Waals surface area contributed by atoms with Gasteiger partial charge < -0.3 is 29.0 Å². The summed E-state index contributed by atoms with van der Waals surface area (Å²) in [6.45, 7) is 0.810. The molecule has 2 aromatic rings. The Morgan fingerprint density at radius 3 is 2.79 bits per heavy atom. The standard InChI is InChI=1S/C19H23N3O6/c1-25-13-5-6-15(16(10-13)26-2)19(24)22(11-14-4-3-8-27-14)12-18(23)20-17-7-9-28-21-17/h5-7,9-10,14H,3-4,8,11-12H2,1-2H3,(H,20,21,23)/t14-/m1/s1. The lowest BCUT2D eigenvalue weighted by atomic mass is 10.1. The molecule has 2 heterocycles. The number of carbonyl (C=O) groups is 2. The quantitative estimate of drug-likeness (QED) is 0.736. The van der Waals surface area contributed by atoms with E-state index in [9.17, 15) is 9.59 Å². The number of anilines is 1. The van der Waals surface area contributed by atoms with Gasteiger partial charge in [0.25, 0.3) is 5.91 Å². The van der Waals surface area contributed by atoms with Crippen LogP contribution in [0, 0.1) is 0 Å². The predicted octanol–water partition coefficient (Wildman–Crippen LogP) is 1.95. The second-order valence-corrected chi connectivity index (χ2v) is 6.32. The first kappa shape index (κ1) is 19.7. The third-order valence-electron chi connectivity index (χ3n) is 4.41. The molecule has 0 aliphatic carbocycles. The van der Waals surface area contributed by atoms with Crippen molar-refractivity contribution >= 4 is 17.6 Å². The van der Waals surface area contributed by atoms with Crippen molar-refractivity contribution in [3.8, 4) is 11.5 Å². The van der Waals surface area contributed by atoms with Crippen LogP contribution in [-0.2, 0) is 9.53 Å². The Balaban J connectivity index is 1.78. The summed E-state index contributed by atoms with van der Waals surface area (Å²) in [5.41, 5.74) is 0.343. The molecule has 150 valence electrons. The third-order valence-corrected chi connectivity index (χ3v) is 4.41. The van der Waals surface area contributed by atoms with Gasteiger partial charge in [0.05, 0.1) is 25.9 Å². The number of nitrogens with one attached hydrogen (secondary N) is 1. The van der Waals surface area contributed by atoms with Gasteiger partial charge >= 0.3 is 0 Å². The lowest BCUT2D eigenvalue weighted by molar-refractivity contribution is -0.117. The molecule has 0 spiro atoms. The minimum Gasteiger partial charge on any atom is -0.497 e. The molecule has 1 atom stereocenters. The Morgan fingerprint density at radius 1 is 1.29 bits per heavy atom. The van der Waals surface area contributed by atoms with Gasteiger partial charge in [0.1, 0.15) is 24.3 Å². The van der Waals surface area contributed by atoms with Crippen molar-refractivity contribution in [1.82, 2.24) is 10.1 Å². The van der Waals surface area contributed by atoms with Gasteiger partial charge in [0.15, 0.2) is 5.82 Å². The van der Waals surface area contributed by atoms with Gasteiger partial charge in [-0.25, -0.2) is 0 Å². The fraction of sp³-hybridized carbons (Fsp3) is 0.421. The lowest BCUT2D eigenvalue weighted by Crippen LogP contribution is -2.42. The second-order valence-electron chi connectivity index (χ2n) is 6.32. The molecular weight excluding hydrogens is 366 g/mol. The number of hydrogen-bond donors (Lipinski definition) is 1. The highest BCUT2D eigenvalue weighted by Gasteiger charge is 2.27. The Bertz CT molecular complexity index is 802. The van der Waals surface area contributed by atoms with Crippen LogP contribution in [0.2, 0.25) is 0 Å². The molecule has 0 radical (unpaired) electrons. The first-order valence-electron chi connectivity index (χ1n) is 8.94. The molecule has 1 saturated heterocycles.